The summed E-state index contributed by atoms with van der Waals surface area (Å²) in [6.45, 7) is 5.78. The van der Waals surface area contributed by atoms with Gasteiger partial charge in [0.05, 0.1) is 6.54 Å². The highest BCUT2D eigenvalue weighted by Crippen LogP contribution is 2.40. The molecule has 0 saturated carbocycles. The average molecular weight is 396 g/mol. The van der Waals surface area contributed by atoms with Crippen LogP contribution in [0.3, 0.4) is 0 Å². The second-order valence-corrected chi connectivity index (χ2v) is 8.34. The Morgan fingerprint density at radius 2 is 1.97 bits per heavy atom. The fourth-order valence-electron chi connectivity index (χ4n) is 4.21. The molecule has 154 valence electrons. The largest absolute Gasteiger partial charge is 0.352 e. The summed E-state index contributed by atoms with van der Waals surface area (Å²) in [5.74, 6) is 1.23. The van der Waals surface area contributed by atoms with E-state index < -0.39 is 11.7 Å². The van der Waals surface area contributed by atoms with Gasteiger partial charge in [-0.2, -0.15) is 0 Å². The first kappa shape index (κ1) is 19.6. The molecule has 1 fully saturated rings. The Morgan fingerprint density at radius 1 is 1.24 bits per heavy atom. The molecular weight excluding hydrogens is 368 g/mol. The van der Waals surface area contributed by atoms with Gasteiger partial charge in [-0.15, -0.1) is 0 Å². The lowest BCUT2D eigenvalue weighted by molar-refractivity contribution is -0.172. The molecule has 1 atom stereocenters. The molecule has 1 aromatic heterocycles. The monoisotopic (exact) mass is 396 g/mol. The number of anilines is 1. The predicted octanol–water partition coefficient (Wildman–Crippen LogP) is 2.78. The maximum atomic E-state index is 12.9. The molecule has 2 aromatic rings. The summed E-state index contributed by atoms with van der Waals surface area (Å²) in [5, 5.41) is 2.94. The van der Waals surface area contributed by atoms with Gasteiger partial charge in [0.2, 0.25) is 5.91 Å². The second-order valence-electron chi connectivity index (χ2n) is 8.34. The molecular formula is C22H28N4O3. The number of imidazole rings is 1. The standard InChI is InChI=1S/C22H28N4O3/c1-16(2)14-19(27)25-11-8-22(9-12-25)21-23-10-13-26(21)15-18(29-22)20(28)24-17-6-4-3-5-7-17/h3-7,10,13,16,18H,8-9,11-12,14-15H2,1-2H3,(H,24,28)/t18-/m1/s1. The van der Waals surface area contributed by atoms with Crippen LogP contribution in [0.2, 0.25) is 0 Å². The molecule has 2 aliphatic heterocycles. The van der Waals surface area contributed by atoms with Gasteiger partial charge in [-0.3, -0.25) is 9.59 Å². The summed E-state index contributed by atoms with van der Waals surface area (Å²) in [7, 11) is 0. The minimum absolute atomic E-state index is 0.159. The quantitative estimate of drug-likeness (QED) is 0.862. The third-order valence-electron chi connectivity index (χ3n) is 5.69. The number of carbonyl (C=O) groups excluding carboxylic acids is 2. The molecule has 4 rings (SSSR count). The number of hydrogen-bond acceptors (Lipinski definition) is 4. The Balaban J connectivity index is 1.49. The van der Waals surface area contributed by atoms with Crippen LogP contribution in [0.15, 0.2) is 42.7 Å². The van der Waals surface area contributed by atoms with Crippen molar-refractivity contribution >= 4 is 17.5 Å². The number of amides is 2. The van der Waals surface area contributed by atoms with E-state index in [2.05, 4.69) is 24.1 Å². The topological polar surface area (TPSA) is 76.5 Å². The van der Waals surface area contributed by atoms with Crippen LogP contribution in [-0.4, -0.2) is 45.5 Å². The number of benzene rings is 1. The van der Waals surface area contributed by atoms with E-state index >= 15 is 0 Å². The van der Waals surface area contributed by atoms with Crippen LogP contribution in [0.4, 0.5) is 5.69 Å². The number of fused-ring (bicyclic) bond motifs is 2. The molecule has 0 radical (unpaired) electrons. The van der Waals surface area contributed by atoms with E-state index in [1.54, 1.807) is 6.20 Å². The number of hydrogen-bond donors (Lipinski definition) is 1. The van der Waals surface area contributed by atoms with E-state index in [0.717, 1.165) is 11.5 Å². The SMILES string of the molecule is CC(C)CC(=O)N1CCC2(CC1)O[C@@H](C(=O)Nc1ccccc1)Cn1ccnc12. The summed E-state index contributed by atoms with van der Waals surface area (Å²) in [4.78, 5) is 31.8. The molecule has 3 heterocycles. The number of aromatic nitrogens is 2. The first-order valence-electron chi connectivity index (χ1n) is 10.3. The zero-order valence-corrected chi connectivity index (χ0v) is 17.0. The molecule has 2 amide bonds. The van der Waals surface area contributed by atoms with Crippen LogP contribution >= 0.6 is 0 Å². The van der Waals surface area contributed by atoms with Crippen molar-refractivity contribution in [3.8, 4) is 0 Å². The van der Waals surface area contributed by atoms with Gasteiger partial charge in [-0.25, -0.2) is 4.98 Å². The number of likely N-dealkylation sites (tertiary alicyclic amines) is 1. The smallest absolute Gasteiger partial charge is 0.255 e. The van der Waals surface area contributed by atoms with Crippen LogP contribution in [0.1, 0.15) is 38.9 Å². The van der Waals surface area contributed by atoms with Gasteiger partial charge in [0.15, 0.2) is 6.10 Å². The molecule has 0 bridgehead atoms. The highest BCUT2D eigenvalue weighted by Gasteiger charge is 2.47. The highest BCUT2D eigenvalue weighted by atomic mass is 16.5. The number of carbonyl (C=O) groups is 2. The lowest BCUT2D eigenvalue weighted by Gasteiger charge is -2.45. The van der Waals surface area contributed by atoms with Gasteiger partial charge >= 0.3 is 0 Å². The van der Waals surface area contributed by atoms with Gasteiger partial charge in [0, 0.05) is 50.4 Å². The van der Waals surface area contributed by atoms with Crippen LogP contribution in [0.25, 0.3) is 0 Å². The molecule has 0 aliphatic carbocycles. The molecule has 29 heavy (non-hydrogen) atoms. The Kier molecular flexibility index (Phi) is 5.41. The van der Waals surface area contributed by atoms with E-state index in [-0.39, 0.29) is 11.8 Å². The van der Waals surface area contributed by atoms with Crippen molar-refractivity contribution in [1.82, 2.24) is 14.5 Å². The predicted molar refractivity (Wildman–Crippen MR) is 109 cm³/mol. The summed E-state index contributed by atoms with van der Waals surface area (Å²) in [5.41, 5.74) is 0.121. The fourth-order valence-corrected chi connectivity index (χ4v) is 4.21. The third kappa shape index (κ3) is 4.05. The van der Waals surface area contributed by atoms with Crippen molar-refractivity contribution in [2.75, 3.05) is 18.4 Å². The number of nitrogens with zero attached hydrogens (tertiary/aromatic N) is 3. The Bertz CT molecular complexity index is 869. The lowest BCUT2D eigenvalue weighted by atomic mass is 9.88. The maximum absolute atomic E-state index is 12.9. The fraction of sp³-hybridized carbons (Fsp3) is 0.500. The molecule has 7 heteroatoms. The Hall–Kier alpha value is -2.67. The van der Waals surface area contributed by atoms with Gasteiger partial charge in [0.25, 0.3) is 5.91 Å². The summed E-state index contributed by atoms with van der Waals surface area (Å²) >= 11 is 0. The van der Waals surface area contributed by atoms with Gasteiger partial charge in [-0.1, -0.05) is 32.0 Å². The minimum atomic E-state index is -0.630. The van der Waals surface area contributed by atoms with Gasteiger partial charge < -0.3 is 19.5 Å². The van der Waals surface area contributed by atoms with Crippen LogP contribution in [0, 0.1) is 5.92 Å². The number of para-hydroxylation sites is 1. The van der Waals surface area contributed by atoms with Crippen LogP contribution in [-0.2, 0) is 26.5 Å². The van der Waals surface area contributed by atoms with Crippen LogP contribution in [0.5, 0.6) is 0 Å². The van der Waals surface area contributed by atoms with E-state index in [1.807, 2.05) is 46.0 Å². The zero-order valence-electron chi connectivity index (χ0n) is 17.0. The van der Waals surface area contributed by atoms with Crippen molar-refractivity contribution in [1.29, 1.82) is 0 Å². The zero-order chi connectivity index (χ0) is 20.4. The first-order valence-corrected chi connectivity index (χ1v) is 10.3. The number of piperidine rings is 1. The van der Waals surface area contributed by atoms with Gasteiger partial charge in [0.1, 0.15) is 11.4 Å². The highest BCUT2D eigenvalue weighted by molar-refractivity contribution is 5.94. The molecule has 2 aliphatic rings. The second kappa shape index (κ2) is 7.99. The number of rotatable bonds is 4. The lowest BCUT2D eigenvalue weighted by Crippen LogP contribution is -2.54. The summed E-state index contributed by atoms with van der Waals surface area (Å²) in [6.07, 6.45) is 4.90. The Labute approximate surface area is 171 Å². The van der Waals surface area contributed by atoms with Gasteiger partial charge in [-0.05, 0) is 18.1 Å². The van der Waals surface area contributed by atoms with Crippen molar-refractivity contribution in [2.24, 2.45) is 5.92 Å². The van der Waals surface area contributed by atoms with Crippen LogP contribution < -0.4 is 5.32 Å². The molecule has 7 nitrogen and oxygen atoms in total. The van der Waals surface area contributed by atoms with Crippen molar-refractivity contribution in [3.63, 3.8) is 0 Å². The summed E-state index contributed by atoms with van der Waals surface area (Å²) < 4.78 is 8.43. The Morgan fingerprint density at radius 3 is 2.66 bits per heavy atom. The molecule has 1 aromatic carbocycles. The number of nitrogens with one attached hydrogen (secondary N) is 1. The van der Waals surface area contributed by atoms with Crippen molar-refractivity contribution in [3.05, 3.63) is 48.5 Å². The minimum Gasteiger partial charge on any atom is -0.352 e. The van der Waals surface area contributed by atoms with Crippen molar-refractivity contribution in [2.45, 2.75) is 51.4 Å². The van der Waals surface area contributed by atoms with E-state index in [4.69, 9.17) is 4.74 Å². The molecule has 1 saturated heterocycles. The van der Waals surface area contributed by atoms with E-state index in [9.17, 15) is 9.59 Å². The van der Waals surface area contributed by atoms with E-state index in [0.29, 0.717) is 44.8 Å². The maximum Gasteiger partial charge on any atom is 0.255 e. The third-order valence-corrected chi connectivity index (χ3v) is 5.69. The van der Waals surface area contributed by atoms with E-state index in [1.165, 1.54) is 0 Å². The molecule has 1 N–H and O–H groups in total. The number of ether oxygens (including phenoxy) is 1. The van der Waals surface area contributed by atoms with Crippen molar-refractivity contribution < 1.29 is 14.3 Å². The first-order chi connectivity index (χ1) is 14.0. The summed E-state index contributed by atoms with van der Waals surface area (Å²) in [6, 6.07) is 9.40. The molecule has 0 unspecified atom stereocenters. The molecule has 1 spiro atoms. The normalized spacial score (nSPS) is 20.5. The average Bonchev–Trinajstić information content (AvgIpc) is 3.18.